The van der Waals surface area contributed by atoms with E-state index in [1.54, 1.807) is 0 Å². The molecule has 0 saturated carbocycles. The van der Waals surface area contributed by atoms with E-state index in [0.29, 0.717) is 6.54 Å². The van der Waals surface area contributed by atoms with Gasteiger partial charge in [0.2, 0.25) is 0 Å². The molecule has 0 aliphatic heterocycles. The lowest BCUT2D eigenvalue weighted by molar-refractivity contribution is 0.0943. The fourth-order valence-electron chi connectivity index (χ4n) is 2.10. The molecule has 0 fully saturated rings. The van der Waals surface area contributed by atoms with Crippen LogP contribution in [-0.4, -0.2) is 24.2 Å². The Morgan fingerprint density at radius 3 is 1.76 bits per heavy atom. The smallest absolute Gasteiger partial charge is 0.251 e. The Morgan fingerprint density at radius 2 is 1.35 bits per heavy atom. The monoisotopic (exact) mass is 235 g/mol. The largest absolute Gasteiger partial charge is 0.395 e. The normalized spacial score (nSPS) is 10.5. The molecule has 0 radical (unpaired) electrons. The first-order valence-corrected chi connectivity index (χ1v) is 5.87. The van der Waals surface area contributed by atoms with Crippen molar-refractivity contribution in [2.45, 2.75) is 34.6 Å². The van der Waals surface area contributed by atoms with Crippen LogP contribution in [0.25, 0.3) is 0 Å². The molecule has 2 N–H and O–H groups in total. The topological polar surface area (TPSA) is 49.3 Å². The minimum Gasteiger partial charge on any atom is -0.395 e. The molecule has 0 aromatic heterocycles. The van der Waals surface area contributed by atoms with Gasteiger partial charge in [-0.3, -0.25) is 4.79 Å². The zero-order chi connectivity index (χ0) is 13.2. The summed E-state index contributed by atoms with van der Waals surface area (Å²) in [5.41, 5.74) is 6.39. The summed E-state index contributed by atoms with van der Waals surface area (Å²) >= 11 is 0. The highest BCUT2D eigenvalue weighted by molar-refractivity contribution is 5.98. The molecule has 0 aliphatic carbocycles. The predicted octanol–water partition coefficient (Wildman–Crippen LogP) is 1.95. The molecular weight excluding hydrogens is 214 g/mol. The average Bonchev–Trinajstić information content (AvgIpc) is 2.31. The van der Waals surface area contributed by atoms with E-state index >= 15 is 0 Å². The van der Waals surface area contributed by atoms with Crippen LogP contribution in [0.5, 0.6) is 0 Å². The van der Waals surface area contributed by atoms with Gasteiger partial charge in [-0.1, -0.05) is 0 Å². The van der Waals surface area contributed by atoms with E-state index in [1.807, 2.05) is 27.7 Å². The predicted molar refractivity (Wildman–Crippen MR) is 69.5 cm³/mol. The van der Waals surface area contributed by atoms with Gasteiger partial charge in [0, 0.05) is 12.1 Å². The number of carbonyl (C=O) groups is 1. The molecular formula is C14H21NO2. The van der Waals surface area contributed by atoms with Crippen molar-refractivity contribution in [1.29, 1.82) is 0 Å². The number of aliphatic hydroxyl groups is 1. The zero-order valence-electron chi connectivity index (χ0n) is 11.3. The second-order valence-electron chi connectivity index (χ2n) is 4.48. The third-order valence-corrected chi connectivity index (χ3v) is 3.62. The van der Waals surface area contributed by atoms with Gasteiger partial charge in [-0.15, -0.1) is 0 Å². The van der Waals surface area contributed by atoms with E-state index in [4.69, 9.17) is 5.11 Å². The summed E-state index contributed by atoms with van der Waals surface area (Å²) in [5, 5.41) is 11.5. The second kappa shape index (κ2) is 5.32. The minimum atomic E-state index is -0.0970. The summed E-state index contributed by atoms with van der Waals surface area (Å²) < 4.78 is 0. The maximum atomic E-state index is 12.0. The van der Waals surface area contributed by atoms with Crippen molar-refractivity contribution in [2.24, 2.45) is 0 Å². The van der Waals surface area contributed by atoms with Gasteiger partial charge in [-0.25, -0.2) is 0 Å². The van der Waals surface area contributed by atoms with E-state index in [0.717, 1.165) is 16.7 Å². The van der Waals surface area contributed by atoms with E-state index in [9.17, 15) is 4.79 Å². The van der Waals surface area contributed by atoms with Crippen LogP contribution < -0.4 is 5.32 Å². The van der Waals surface area contributed by atoms with E-state index in [-0.39, 0.29) is 12.5 Å². The number of aliphatic hydroxyl groups excluding tert-OH is 1. The van der Waals surface area contributed by atoms with Crippen molar-refractivity contribution in [3.8, 4) is 0 Å². The van der Waals surface area contributed by atoms with E-state index in [2.05, 4.69) is 12.2 Å². The number of hydrogen-bond donors (Lipinski definition) is 2. The van der Waals surface area contributed by atoms with Gasteiger partial charge in [0.1, 0.15) is 0 Å². The number of hydrogen-bond acceptors (Lipinski definition) is 2. The quantitative estimate of drug-likeness (QED) is 0.841. The lowest BCUT2D eigenvalue weighted by Gasteiger charge is -2.18. The summed E-state index contributed by atoms with van der Waals surface area (Å²) in [6, 6.07) is 0. The average molecular weight is 235 g/mol. The first-order valence-electron chi connectivity index (χ1n) is 5.87. The summed E-state index contributed by atoms with van der Waals surface area (Å²) in [6.07, 6.45) is 0. The van der Waals surface area contributed by atoms with Crippen molar-refractivity contribution >= 4 is 5.91 Å². The van der Waals surface area contributed by atoms with E-state index < -0.39 is 0 Å². The van der Waals surface area contributed by atoms with Gasteiger partial charge in [-0.2, -0.15) is 0 Å². The van der Waals surface area contributed by atoms with Crippen molar-refractivity contribution < 1.29 is 9.90 Å². The first kappa shape index (κ1) is 13.7. The molecule has 3 nitrogen and oxygen atoms in total. The second-order valence-corrected chi connectivity index (χ2v) is 4.48. The Labute approximate surface area is 103 Å². The Balaban J connectivity index is 3.29. The molecule has 1 amide bonds. The van der Waals surface area contributed by atoms with Crippen LogP contribution in [0.1, 0.15) is 38.2 Å². The summed E-state index contributed by atoms with van der Waals surface area (Å²) in [6.45, 7) is 10.4. The van der Waals surface area contributed by atoms with Crippen LogP contribution in [0.2, 0.25) is 0 Å². The standard InChI is InChI=1S/C14H21NO2/c1-8-9(2)11(4)13(12(5)10(8)3)14(17)15-6-7-16/h16H,6-7H2,1-5H3,(H,15,17). The molecule has 0 heterocycles. The Morgan fingerprint density at radius 1 is 0.941 bits per heavy atom. The van der Waals surface area contributed by atoms with Crippen molar-refractivity contribution in [1.82, 2.24) is 5.32 Å². The molecule has 17 heavy (non-hydrogen) atoms. The number of nitrogens with one attached hydrogen (secondary N) is 1. The van der Waals surface area contributed by atoms with Crippen LogP contribution in [0.3, 0.4) is 0 Å². The van der Waals surface area contributed by atoms with Gasteiger partial charge < -0.3 is 10.4 Å². The Bertz CT molecular complexity index is 421. The third-order valence-electron chi connectivity index (χ3n) is 3.62. The zero-order valence-corrected chi connectivity index (χ0v) is 11.3. The number of benzene rings is 1. The van der Waals surface area contributed by atoms with Crippen LogP contribution in [0.4, 0.5) is 0 Å². The summed E-state index contributed by atoms with van der Waals surface area (Å²) in [7, 11) is 0. The highest BCUT2D eigenvalue weighted by atomic mass is 16.3. The van der Waals surface area contributed by atoms with Gasteiger partial charge in [0.15, 0.2) is 0 Å². The maximum absolute atomic E-state index is 12.0. The number of amides is 1. The fraction of sp³-hybridized carbons (Fsp3) is 0.500. The molecule has 0 aliphatic rings. The first-order chi connectivity index (χ1) is 7.91. The van der Waals surface area contributed by atoms with Crippen molar-refractivity contribution in [2.75, 3.05) is 13.2 Å². The number of carbonyl (C=O) groups excluding carboxylic acids is 1. The Kier molecular flexibility index (Phi) is 4.29. The van der Waals surface area contributed by atoms with Crippen molar-refractivity contribution in [3.63, 3.8) is 0 Å². The van der Waals surface area contributed by atoms with Crippen molar-refractivity contribution in [3.05, 3.63) is 33.4 Å². The third kappa shape index (κ3) is 2.50. The van der Waals surface area contributed by atoms with E-state index in [1.165, 1.54) is 16.7 Å². The molecule has 3 heteroatoms. The molecule has 0 saturated heterocycles. The van der Waals surface area contributed by atoms with Gasteiger partial charge >= 0.3 is 0 Å². The minimum absolute atomic E-state index is 0.0341. The molecule has 1 aromatic carbocycles. The van der Waals surface area contributed by atoms with Crippen LogP contribution in [0.15, 0.2) is 0 Å². The van der Waals surface area contributed by atoms with Gasteiger partial charge in [0.05, 0.1) is 6.61 Å². The van der Waals surface area contributed by atoms with Crippen LogP contribution in [0, 0.1) is 34.6 Å². The highest BCUT2D eigenvalue weighted by Gasteiger charge is 2.17. The molecule has 1 aromatic rings. The molecule has 0 bridgehead atoms. The molecule has 94 valence electrons. The summed E-state index contributed by atoms with van der Waals surface area (Å²) in [4.78, 5) is 12.0. The Hall–Kier alpha value is -1.35. The lowest BCUT2D eigenvalue weighted by Crippen LogP contribution is -2.28. The molecule has 0 unspecified atom stereocenters. The molecule has 0 spiro atoms. The SMILES string of the molecule is Cc1c(C)c(C)c(C(=O)NCCO)c(C)c1C. The highest BCUT2D eigenvalue weighted by Crippen LogP contribution is 2.25. The van der Waals surface area contributed by atoms with Gasteiger partial charge in [0.25, 0.3) is 5.91 Å². The van der Waals surface area contributed by atoms with Crippen LogP contribution in [-0.2, 0) is 0 Å². The maximum Gasteiger partial charge on any atom is 0.251 e. The number of rotatable bonds is 3. The van der Waals surface area contributed by atoms with Gasteiger partial charge in [-0.05, 0) is 62.4 Å². The molecule has 1 rings (SSSR count). The summed E-state index contributed by atoms with van der Waals surface area (Å²) in [5.74, 6) is -0.0970. The fourth-order valence-corrected chi connectivity index (χ4v) is 2.10. The molecule has 0 atom stereocenters. The lowest BCUT2D eigenvalue weighted by atomic mass is 9.89. The van der Waals surface area contributed by atoms with Crippen LogP contribution >= 0.6 is 0 Å².